The smallest absolute Gasteiger partial charge is 0.296 e. The van der Waals surface area contributed by atoms with Crippen LogP contribution < -0.4 is 11.3 Å². The number of rotatable bonds is 6. The van der Waals surface area contributed by atoms with E-state index in [1.54, 1.807) is 30.9 Å². The van der Waals surface area contributed by atoms with Gasteiger partial charge in [-0.05, 0) is 38.0 Å². The van der Waals surface area contributed by atoms with Crippen molar-refractivity contribution in [3.05, 3.63) is 57.5 Å². The molecule has 1 aliphatic rings. The topological polar surface area (TPSA) is 119 Å². The number of carbonyl (C=O) groups excluding carboxylic acids is 2. The van der Waals surface area contributed by atoms with E-state index in [1.165, 1.54) is 16.7 Å². The van der Waals surface area contributed by atoms with Crippen molar-refractivity contribution < 1.29 is 19.1 Å². The number of hydrogen-bond acceptors (Lipinski definition) is 6. The molecule has 0 fully saturated rings. The van der Waals surface area contributed by atoms with Crippen molar-refractivity contribution in [1.29, 1.82) is 0 Å². The minimum absolute atomic E-state index is 0.000510. The summed E-state index contributed by atoms with van der Waals surface area (Å²) in [5.74, 6) is -1.77. The van der Waals surface area contributed by atoms with E-state index in [2.05, 4.69) is 4.98 Å². The molecule has 154 valence electrons. The summed E-state index contributed by atoms with van der Waals surface area (Å²) < 4.78 is 14.3. The standard InChI is InChI=1S/C20H23FN4O4/c1-20(2)19-23-16(14(26)8-5-12-3-6-13(21)7-4-12)17(28)18(29)25(19)10-9-24(20)11-15(22)27/h3-4,6-7,28H,5,8-11H2,1-2H3,(H2,22,27). The van der Waals surface area contributed by atoms with Crippen LogP contribution in [-0.2, 0) is 23.3 Å². The zero-order chi connectivity index (χ0) is 21.3. The minimum Gasteiger partial charge on any atom is -0.501 e. The number of aromatic hydroxyl groups is 1. The number of fused-ring (bicyclic) bond motifs is 1. The number of benzene rings is 1. The number of carbonyl (C=O) groups is 2. The summed E-state index contributed by atoms with van der Waals surface area (Å²) in [6.45, 7) is 4.13. The lowest BCUT2D eigenvalue weighted by Gasteiger charge is -2.42. The van der Waals surface area contributed by atoms with E-state index in [0.29, 0.717) is 13.0 Å². The molecule has 3 rings (SSSR count). The molecule has 0 atom stereocenters. The van der Waals surface area contributed by atoms with Gasteiger partial charge in [-0.25, -0.2) is 9.37 Å². The van der Waals surface area contributed by atoms with Gasteiger partial charge in [-0.3, -0.25) is 23.9 Å². The molecule has 9 heteroatoms. The Hall–Kier alpha value is -3.07. The molecule has 0 unspecified atom stereocenters. The van der Waals surface area contributed by atoms with Crippen LogP contribution >= 0.6 is 0 Å². The highest BCUT2D eigenvalue weighted by atomic mass is 19.1. The fraction of sp³-hybridized carbons (Fsp3) is 0.400. The van der Waals surface area contributed by atoms with E-state index < -0.39 is 28.5 Å². The van der Waals surface area contributed by atoms with Crippen LogP contribution in [0.25, 0.3) is 0 Å². The number of hydrogen-bond donors (Lipinski definition) is 2. The highest BCUT2D eigenvalue weighted by Gasteiger charge is 2.39. The second-order valence-electron chi connectivity index (χ2n) is 7.59. The van der Waals surface area contributed by atoms with E-state index in [1.807, 2.05) is 0 Å². The fourth-order valence-electron chi connectivity index (χ4n) is 3.55. The number of halogens is 1. The molecule has 0 spiro atoms. The summed E-state index contributed by atoms with van der Waals surface area (Å²) in [7, 11) is 0. The predicted molar refractivity (Wildman–Crippen MR) is 103 cm³/mol. The Morgan fingerprint density at radius 2 is 1.90 bits per heavy atom. The molecule has 2 heterocycles. The van der Waals surface area contributed by atoms with Crippen LogP contribution in [0.2, 0.25) is 0 Å². The average Bonchev–Trinajstić information content (AvgIpc) is 2.66. The van der Waals surface area contributed by atoms with E-state index in [-0.39, 0.29) is 36.8 Å². The number of Topliss-reactive ketones (excluding diaryl/α,β-unsaturated/α-hetero) is 1. The number of ketones is 1. The number of aryl methyl sites for hydroxylation is 1. The van der Waals surface area contributed by atoms with E-state index in [4.69, 9.17) is 5.73 Å². The SMILES string of the molecule is CC1(C)c2nc(C(=O)CCc3ccc(F)cc3)c(O)c(=O)n2CCN1CC(N)=O. The molecule has 2 aromatic rings. The number of nitrogens with two attached hydrogens (primary N) is 1. The molecule has 0 saturated heterocycles. The fourth-order valence-corrected chi connectivity index (χ4v) is 3.55. The van der Waals surface area contributed by atoms with Crippen LogP contribution in [0.5, 0.6) is 5.75 Å². The van der Waals surface area contributed by atoms with Gasteiger partial charge in [0.2, 0.25) is 11.7 Å². The molecule has 29 heavy (non-hydrogen) atoms. The Kier molecular flexibility index (Phi) is 5.52. The second kappa shape index (κ2) is 7.75. The lowest BCUT2D eigenvalue weighted by molar-refractivity contribution is -0.121. The summed E-state index contributed by atoms with van der Waals surface area (Å²) in [4.78, 5) is 42.8. The minimum atomic E-state index is -0.841. The van der Waals surface area contributed by atoms with Crippen LogP contribution in [0.3, 0.4) is 0 Å². The van der Waals surface area contributed by atoms with Gasteiger partial charge in [0, 0.05) is 19.5 Å². The Morgan fingerprint density at radius 1 is 1.24 bits per heavy atom. The van der Waals surface area contributed by atoms with Crippen molar-refractivity contribution in [3.63, 3.8) is 0 Å². The Bertz CT molecular complexity index is 1010. The van der Waals surface area contributed by atoms with E-state index in [0.717, 1.165) is 5.56 Å². The number of amides is 1. The quantitative estimate of drug-likeness (QED) is 0.694. The molecular formula is C20H23FN4O4. The molecule has 1 aromatic carbocycles. The highest BCUT2D eigenvalue weighted by Crippen LogP contribution is 2.30. The maximum absolute atomic E-state index is 13.0. The van der Waals surface area contributed by atoms with Crippen molar-refractivity contribution in [1.82, 2.24) is 14.5 Å². The van der Waals surface area contributed by atoms with Gasteiger partial charge >= 0.3 is 0 Å². The van der Waals surface area contributed by atoms with E-state index >= 15 is 0 Å². The first-order valence-electron chi connectivity index (χ1n) is 9.26. The van der Waals surface area contributed by atoms with Crippen LogP contribution in [0, 0.1) is 5.82 Å². The molecular weight excluding hydrogens is 379 g/mol. The summed E-state index contributed by atoms with van der Waals surface area (Å²) in [6, 6.07) is 5.75. The Balaban J connectivity index is 1.91. The third kappa shape index (κ3) is 4.04. The molecule has 1 aliphatic heterocycles. The number of nitrogens with zero attached hydrogens (tertiary/aromatic N) is 3. The zero-order valence-electron chi connectivity index (χ0n) is 16.3. The summed E-state index contributed by atoms with van der Waals surface area (Å²) in [5.41, 5.74) is 4.24. The molecule has 3 N–H and O–H groups in total. The predicted octanol–water partition coefficient (Wildman–Crippen LogP) is 0.939. The normalized spacial score (nSPS) is 15.7. The lowest BCUT2D eigenvalue weighted by Crippen LogP contribution is -2.54. The van der Waals surface area contributed by atoms with Gasteiger partial charge < -0.3 is 10.8 Å². The molecule has 8 nitrogen and oxygen atoms in total. The molecule has 0 saturated carbocycles. The van der Waals surface area contributed by atoms with Crippen molar-refractivity contribution in [3.8, 4) is 5.75 Å². The Morgan fingerprint density at radius 3 is 2.52 bits per heavy atom. The van der Waals surface area contributed by atoms with Crippen LogP contribution in [0.1, 0.15) is 42.1 Å². The lowest BCUT2D eigenvalue weighted by atomic mass is 9.97. The maximum Gasteiger partial charge on any atom is 0.296 e. The van der Waals surface area contributed by atoms with Crippen molar-refractivity contribution >= 4 is 11.7 Å². The van der Waals surface area contributed by atoms with Crippen molar-refractivity contribution in [2.75, 3.05) is 13.1 Å². The third-order valence-corrected chi connectivity index (χ3v) is 5.24. The van der Waals surface area contributed by atoms with Gasteiger partial charge in [0.05, 0.1) is 12.1 Å². The largest absolute Gasteiger partial charge is 0.501 e. The van der Waals surface area contributed by atoms with Gasteiger partial charge in [-0.15, -0.1) is 0 Å². The maximum atomic E-state index is 13.0. The molecule has 1 aromatic heterocycles. The summed E-state index contributed by atoms with van der Waals surface area (Å²) in [5, 5.41) is 10.3. The molecule has 1 amide bonds. The monoisotopic (exact) mass is 402 g/mol. The van der Waals surface area contributed by atoms with Crippen LogP contribution in [0.4, 0.5) is 4.39 Å². The van der Waals surface area contributed by atoms with Crippen molar-refractivity contribution in [2.45, 2.75) is 38.8 Å². The van der Waals surface area contributed by atoms with Crippen LogP contribution in [-0.4, -0.2) is 44.3 Å². The van der Waals surface area contributed by atoms with E-state index in [9.17, 15) is 23.9 Å². The molecule has 0 aliphatic carbocycles. The molecule has 0 bridgehead atoms. The van der Waals surface area contributed by atoms with Gasteiger partial charge in [0.15, 0.2) is 11.5 Å². The number of primary amides is 1. The average molecular weight is 402 g/mol. The Labute approximate surface area is 166 Å². The summed E-state index contributed by atoms with van der Waals surface area (Å²) >= 11 is 0. The van der Waals surface area contributed by atoms with Gasteiger partial charge in [-0.1, -0.05) is 12.1 Å². The van der Waals surface area contributed by atoms with Crippen molar-refractivity contribution in [2.24, 2.45) is 5.73 Å². The third-order valence-electron chi connectivity index (χ3n) is 5.24. The zero-order valence-corrected chi connectivity index (χ0v) is 16.3. The second-order valence-corrected chi connectivity index (χ2v) is 7.59. The molecule has 0 radical (unpaired) electrons. The summed E-state index contributed by atoms with van der Waals surface area (Å²) in [6.07, 6.45) is 0.316. The van der Waals surface area contributed by atoms with Gasteiger partial charge in [0.1, 0.15) is 11.6 Å². The first-order valence-corrected chi connectivity index (χ1v) is 9.26. The first-order chi connectivity index (χ1) is 13.6. The van der Waals surface area contributed by atoms with Gasteiger partial charge in [-0.2, -0.15) is 0 Å². The van der Waals surface area contributed by atoms with Crippen LogP contribution in [0.15, 0.2) is 29.1 Å². The first kappa shape index (κ1) is 20.7. The highest BCUT2D eigenvalue weighted by molar-refractivity contribution is 5.96. The number of aromatic nitrogens is 2. The van der Waals surface area contributed by atoms with Gasteiger partial charge in [0.25, 0.3) is 5.56 Å².